The van der Waals surface area contributed by atoms with E-state index in [-0.39, 0.29) is 12.0 Å². The lowest BCUT2D eigenvalue weighted by Gasteiger charge is -2.06. The molecule has 3 heterocycles. The maximum absolute atomic E-state index is 5.89. The molecule has 2 aromatic heterocycles. The Bertz CT molecular complexity index is 499. The lowest BCUT2D eigenvalue weighted by molar-refractivity contribution is 0.187. The first-order valence-corrected chi connectivity index (χ1v) is 5.42. The summed E-state index contributed by atoms with van der Waals surface area (Å²) >= 11 is 0. The number of hydrogen-bond donors (Lipinski definition) is 1. The van der Waals surface area contributed by atoms with Crippen LogP contribution in [0, 0.1) is 0 Å². The summed E-state index contributed by atoms with van der Waals surface area (Å²) in [6.07, 6.45) is 3.39. The first-order chi connectivity index (χ1) is 8.34. The van der Waals surface area contributed by atoms with Gasteiger partial charge in [0.1, 0.15) is 0 Å². The molecule has 3 rings (SSSR count). The first-order valence-electron chi connectivity index (χ1n) is 5.42. The second-order valence-corrected chi connectivity index (χ2v) is 4.01. The Labute approximate surface area is 97.8 Å². The van der Waals surface area contributed by atoms with Gasteiger partial charge in [0.05, 0.1) is 19.1 Å². The summed E-state index contributed by atoms with van der Waals surface area (Å²) in [7, 11) is 0. The van der Waals surface area contributed by atoms with Crippen molar-refractivity contribution in [2.75, 3.05) is 13.2 Å². The predicted octanol–water partition coefficient (Wildman–Crippen LogP) is 0.573. The molecule has 2 unspecified atom stereocenters. The van der Waals surface area contributed by atoms with Gasteiger partial charge in [0, 0.05) is 24.0 Å². The third-order valence-electron chi connectivity index (χ3n) is 2.80. The Morgan fingerprint density at radius 1 is 1.35 bits per heavy atom. The molecule has 0 radical (unpaired) electrons. The zero-order chi connectivity index (χ0) is 11.7. The average molecular weight is 232 g/mol. The fourth-order valence-electron chi connectivity index (χ4n) is 1.82. The predicted molar refractivity (Wildman–Crippen MR) is 59.1 cm³/mol. The van der Waals surface area contributed by atoms with E-state index < -0.39 is 0 Å². The Morgan fingerprint density at radius 3 is 3.00 bits per heavy atom. The van der Waals surface area contributed by atoms with Crippen LogP contribution >= 0.6 is 0 Å². The van der Waals surface area contributed by atoms with Crippen LogP contribution in [0.5, 0.6) is 0 Å². The Balaban J connectivity index is 1.88. The quantitative estimate of drug-likeness (QED) is 0.814. The number of nitrogens with two attached hydrogens (primary N) is 1. The van der Waals surface area contributed by atoms with Crippen molar-refractivity contribution in [2.24, 2.45) is 5.73 Å². The zero-order valence-electron chi connectivity index (χ0n) is 9.11. The van der Waals surface area contributed by atoms with Gasteiger partial charge in [0.2, 0.25) is 11.7 Å². The molecule has 1 saturated heterocycles. The highest BCUT2D eigenvalue weighted by atomic mass is 16.5. The first kappa shape index (κ1) is 10.4. The van der Waals surface area contributed by atoms with Gasteiger partial charge in [0.25, 0.3) is 0 Å². The van der Waals surface area contributed by atoms with Crippen molar-refractivity contribution in [3.63, 3.8) is 0 Å². The van der Waals surface area contributed by atoms with Crippen molar-refractivity contribution in [1.82, 2.24) is 15.1 Å². The largest absolute Gasteiger partial charge is 0.379 e. The van der Waals surface area contributed by atoms with Crippen LogP contribution in [0.3, 0.4) is 0 Å². The lowest BCUT2D eigenvalue weighted by Crippen LogP contribution is -2.26. The van der Waals surface area contributed by atoms with E-state index in [1.165, 1.54) is 0 Å². The van der Waals surface area contributed by atoms with E-state index in [4.69, 9.17) is 15.0 Å². The Morgan fingerprint density at radius 2 is 2.29 bits per heavy atom. The van der Waals surface area contributed by atoms with Gasteiger partial charge in [-0.15, -0.1) is 0 Å². The molecule has 2 aromatic rings. The fraction of sp³-hybridized carbons (Fsp3) is 0.364. The van der Waals surface area contributed by atoms with Gasteiger partial charge in [-0.05, 0) is 12.1 Å². The van der Waals surface area contributed by atoms with Gasteiger partial charge < -0.3 is 15.0 Å². The van der Waals surface area contributed by atoms with Crippen LogP contribution in [-0.2, 0) is 4.74 Å². The van der Waals surface area contributed by atoms with E-state index in [9.17, 15) is 0 Å². The molecule has 1 aliphatic heterocycles. The molecule has 0 amide bonds. The van der Waals surface area contributed by atoms with Crippen LogP contribution in [0.1, 0.15) is 11.8 Å². The summed E-state index contributed by atoms with van der Waals surface area (Å²) in [4.78, 5) is 8.35. The average Bonchev–Trinajstić information content (AvgIpc) is 2.98. The zero-order valence-corrected chi connectivity index (χ0v) is 9.11. The van der Waals surface area contributed by atoms with Gasteiger partial charge in [-0.25, -0.2) is 0 Å². The number of aromatic nitrogens is 3. The minimum absolute atomic E-state index is 0.00655. The maximum Gasteiger partial charge on any atom is 0.234 e. The normalized spacial score (nSPS) is 24.1. The van der Waals surface area contributed by atoms with E-state index in [0.717, 1.165) is 5.56 Å². The second-order valence-electron chi connectivity index (χ2n) is 4.01. The van der Waals surface area contributed by atoms with E-state index in [1.54, 1.807) is 12.4 Å². The standard InChI is InChI=1S/C11H12N4O2/c12-9-6-16-5-8(9)11-14-10(15-17-11)7-2-1-3-13-4-7/h1-4,8-9H,5-6,12H2. The summed E-state index contributed by atoms with van der Waals surface area (Å²) in [6.45, 7) is 1.07. The third kappa shape index (κ3) is 1.92. The van der Waals surface area contributed by atoms with Crippen LogP contribution in [0.25, 0.3) is 11.4 Å². The molecule has 2 atom stereocenters. The van der Waals surface area contributed by atoms with E-state index >= 15 is 0 Å². The van der Waals surface area contributed by atoms with Crippen molar-refractivity contribution < 1.29 is 9.26 Å². The highest BCUT2D eigenvalue weighted by Crippen LogP contribution is 2.25. The van der Waals surface area contributed by atoms with Crippen LogP contribution in [0.4, 0.5) is 0 Å². The van der Waals surface area contributed by atoms with Crippen molar-refractivity contribution in [2.45, 2.75) is 12.0 Å². The van der Waals surface area contributed by atoms with Crippen LogP contribution in [-0.4, -0.2) is 34.4 Å². The highest BCUT2D eigenvalue weighted by molar-refractivity contribution is 5.51. The van der Waals surface area contributed by atoms with Gasteiger partial charge in [-0.2, -0.15) is 4.98 Å². The number of pyridine rings is 1. The minimum Gasteiger partial charge on any atom is -0.379 e. The molecular formula is C11H12N4O2. The van der Waals surface area contributed by atoms with E-state index in [2.05, 4.69) is 15.1 Å². The molecule has 0 saturated carbocycles. The summed E-state index contributed by atoms with van der Waals surface area (Å²) in [5, 5.41) is 3.93. The Hall–Kier alpha value is -1.79. The molecular weight excluding hydrogens is 220 g/mol. The molecule has 0 aliphatic carbocycles. The van der Waals surface area contributed by atoms with Crippen molar-refractivity contribution in [1.29, 1.82) is 0 Å². The summed E-state index contributed by atoms with van der Waals surface area (Å²) < 4.78 is 10.5. The molecule has 0 aromatic carbocycles. The molecule has 1 aliphatic rings. The second kappa shape index (κ2) is 4.23. The highest BCUT2D eigenvalue weighted by Gasteiger charge is 2.31. The van der Waals surface area contributed by atoms with E-state index in [1.807, 2.05) is 12.1 Å². The molecule has 17 heavy (non-hydrogen) atoms. The maximum atomic E-state index is 5.89. The molecule has 88 valence electrons. The minimum atomic E-state index is -0.0720. The van der Waals surface area contributed by atoms with Gasteiger partial charge in [-0.3, -0.25) is 4.98 Å². The molecule has 6 heteroatoms. The monoisotopic (exact) mass is 232 g/mol. The van der Waals surface area contributed by atoms with Crippen LogP contribution in [0.15, 0.2) is 29.0 Å². The number of nitrogens with zero attached hydrogens (tertiary/aromatic N) is 3. The smallest absolute Gasteiger partial charge is 0.234 e. The lowest BCUT2D eigenvalue weighted by atomic mass is 10.1. The van der Waals surface area contributed by atoms with Gasteiger partial charge in [-0.1, -0.05) is 5.16 Å². The topological polar surface area (TPSA) is 87.1 Å². The van der Waals surface area contributed by atoms with Crippen molar-refractivity contribution in [3.05, 3.63) is 30.4 Å². The molecule has 6 nitrogen and oxygen atoms in total. The van der Waals surface area contributed by atoms with Crippen LogP contribution < -0.4 is 5.73 Å². The number of hydrogen-bond acceptors (Lipinski definition) is 6. The number of ether oxygens (including phenoxy) is 1. The summed E-state index contributed by atoms with van der Waals surface area (Å²) in [5.74, 6) is 1.06. The fourth-order valence-corrected chi connectivity index (χ4v) is 1.82. The molecule has 2 N–H and O–H groups in total. The van der Waals surface area contributed by atoms with Crippen LogP contribution in [0.2, 0.25) is 0 Å². The number of rotatable bonds is 2. The molecule has 1 fully saturated rings. The van der Waals surface area contributed by atoms with Gasteiger partial charge >= 0.3 is 0 Å². The molecule has 0 spiro atoms. The summed E-state index contributed by atoms with van der Waals surface area (Å²) in [5.41, 5.74) is 6.72. The Kier molecular flexibility index (Phi) is 2.58. The van der Waals surface area contributed by atoms with Gasteiger partial charge in [0.15, 0.2) is 0 Å². The summed E-state index contributed by atoms with van der Waals surface area (Å²) in [6, 6.07) is 3.64. The van der Waals surface area contributed by atoms with Crippen molar-refractivity contribution in [3.8, 4) is 11.4 Å². The third-order valence-corrected chi connectivity index (χ3v) is 2.80. The van der Waals surface area contributed by atoms with E-state index in [0.29, 0.717) is 24.9 Å². The SMILES string of the molecule is NC1COCC1c1nc(-c2cccnc2)no1. The molecule has 0 bridgehead atoms. The van der Waals surface area contributed by atoms with Crippen molar-refractivity contribution >= 4 is 0 Å².